The summed E-state index contributed by atoms with van der Waals surface area (Å²) in [6, 6.07) is 15.5. The van der Waals surface area contributed by atoms with Crippen LogP contribution in [0.5, 0.6) is 0 Å². The lowest BCUT2D eigenvalue weighted by Crippen LogP contribution is -2.31. The fraction of sp³-hybridized carbons (Fsp3) is 0.409. The summed E-state index contributed by atoms with van der Waals surface area (Å²) in [6.45, 7) is 6.87. The smallest absolute Gasteiger partial charge is 0.253 e. The zero-order valence-corrected chi connectivity index (χ0v) is 18.0. The lowest BCUT2D eigenvalue weighted by atomic mass is 9.94. The average Bonchev–Trinajstić information content (AvgIpc) is 2.72. The summed E-state index contributed by atoms with van der Waals surface area (Å²) in [5, 5.41) is 9.79. The lowest BCUT2D eigenvalue weighted by molar-refractivity contribution is 0.0773. The number of aliphatic hydroxyl groups is 1. The van der Waals surface area contributed by atoms with Gasteiger partial charge in [-0.05, 0) is 62.9 Å². The highest BCUT2D eigenvalue weighted by Gasteiger charge is 2.20. The summed E-state index contributed by atoms with van der Waals surface area (Å²) in [7, 11) is -3.73. The van der Waals surface area contributed by atoms with Crippen molar-refractivity contribution < 1.29 is 18.3 Å². The van der Waals surface area contributed by atoms with Crippen LogP contribution in [0, 0.1) is 0 Å². The SMILES string of the molecule is CCN(CC)C(=O)c1ccc(S(=O)(=O)NC[C@H](C[C@@H](C)O)c2ccccc2)cc1. The number of nitrogens with one attached hydrogen (secondary N) is 1. The molecule has 1 amide bonds. The van der Waals surface area contributed by atoms with Gasteiger partial charge in [0.05, 0.1) is 11.0 Å². The fourth-order valence-electron chi connectivity index (χ4n) is 3.24. The maximum Gasteiger partial charge on any atom is 0.253 e. The maximum atomic E-state index is 12.7. The first kappa shape index (κ1) is 23.1. The molecule has 0 saturated heterocycles. The van der Waals surface area contributed by atoms with Crippen LogP contribution < -0.4 is 4.72 Å². The van der Waals surface area contributed by atoms with E-state index >= 15 is 0 Å². The Morgan fingerprint density at radius 1 is 1.03 bits per heavy atom. The third kappa shape index (κ3) is 6.39. The Hall–Kier alpha value is -2.22. The Bertz CT molecular complexity index is 877. The zero-order valence-electron chi connectivity index (χ0n) is 17.2. The van der Waals surface area contributed by atoms with Gasteiger partial charge in [0.2, 0.25) is 10.0 Å². The molecule has 2 rings (SSSR count). The first-order valence-corrected chi connectivity index (χ1v) is 11.4. The highest BCUT2D eigenvalue weighted by Crippen LogP contribution is 2.21. The first-order valence-electron chi connectivity index (χ1n) is 9.90. The number of rotatable bonds is 10. The van der Waals surface area contributed by atoms with Crippen molar-refractivity contribution >= 4 is 15.9 Å². The summed E-state index contributed by atoms with van der Waals surface area (Å²) in [4.78, 5) is 14.2. The molecule has 0 heterocycles. The number of benzene rings is 2. The molecule has 0 bridgehead atoms. The second kappa shape index (κ2) is 10.5. The quantitative estimate of drug-likeness (QED) is 0.621. The molecule has 2 N–H and O–H groups in total. The molecule has 0 aliphatic carbocycles. The maximum absolute atomic E-state index is 12.7. The molecule has 0 spiro atoms. The van der Waals surface area contributed by atoms with E-state index in [4.69, 9.17) is 0 Å². The monoisotopic (exact) mass is 418 g/mol. The number of carbonyl (C=O) groups excluding carboxylic acids is 1. The van der Waals surface area contributed by atoms with E-state index in [1.807, 2.05) is 44.2 Å². The van der Waals surface area contributed by atoms with E-state index in [1.165, 1.54) is 12.1 Å². The molecule has 6 nitrogen and oxygen atoms in total. The van der Waals surface area contributed by atoms with Crippen LogP contribution >= 0.6 is 0 Å². The third-order valence-electron chi connectivity index (χ3n) is 4.88. The van der Waals surface area contributed by atoms with Gasteiger partial charge in [0.25, 0.3) is 5.91 Å². The molecule has 0 saturated carbocycles. The second-order valence-corrected chi connectivity index (χ2v) is 8.81. The highest BCUT2D eigenvalue weighted by atomic mass is 32.2. The molecular formula is C22H30N2O4S. The van der Waals surface area contributed by atoms with Crippen molar-refractivity contribution in [3.63, 3.8) is 0 Å². The van der Waals surface area contributed by atoms with E-state index in [0.29, 0.717) is 25.1 Å². The van der Waals surface area contributed by atoms with Crippen LogP contribution in [-0.4, -0.2) is 50.1 Å². The molecule has 0 unspecified atom stereocenters. The van der Waals surface area contributed by atoms with Gasteiger partial charge in [-0.1, -0.05) is 30.3 Å². The van der Waals surface area contributed by atoms with Crippen LogP contribution in [0.4, 0.5) is 0 Å². The molecule has 2 aromatic carbocycles. The molecule has 2 atom stereocenters. The minimum atomic E-state index is -3.73. The van der Waals surface area contributed by atoms with Gasteiger partial charge in [-0.25, -0.2) is 13.1 Å². The Labute approximate surface area is 173 Å². The van der Waals surface area contributed by atoms with Crippen molar-refractivity contribution in [2.24, 2.45) is 0 Å². The van der Waals surface area contributed by atoms with Crippen LogP contribution in [0.15, 0.2) is 59.5 Å². The van der Waals surface area contributed by atoms with Crippen LogP contribution in [-0.2, 0) is 10.0 Å². The van der Waals surface area contributed by atoms with Gasteiger partial charge in [0.15, 0.2) is 0 Å². The van der Waals surface area contributed by atoms with E-state index in [-0.39, 0.29) is 23.3 Å². The van der Waals surface area contributed by atoms with Gasteiger partial charge in [-0.3, -0.25) is 4.79 Å². The summed E-state index contributed by atoms with van der Waals surface area (Å²) in [5.74, 6) is -0.262. The predicted molar refractivity (Wildman–Crippen MR) is 114 cm³/mol. The third-order valence-corrected chi connectivity index (χ3v) is 6.32. The molecule has 0 aromatic heterocycles. The van der Waals surface area contributed by atoms with Crippen molar-refractivity contribution in [1.82, 2.24) is 9.62 Å². The molecule has 29 heavy (non-hydrogen) atoms. The number of hydrogen-bond acceptors (Lipinski definition) is 4. The van der Waals surface area contributed by atoms with Gasteiger partial charge >= 0.3 is 0 Å². The van der Waals surface area contributed by atoms with E-state index in [2.05, 4.69) is 4.72 Å². The minimum Gasteiger partial charge on any atom is -0.393 e. The van der Waals surface area contributed by atoms with Crippen molar-refractivity contribution in [3.05, 3.63) is 65.7 Å². The number of carbonyl (C=O) groups is 1. The molecule has 158 valence electrons. The Morgan fingerprint density at radius 3 is 2.14 bits per heavy atom. The zero-order chi connectivity index (χ0) is 21.4. The predicted octanol–water partition coefficient (Wildman–Crippen LogP) is 3.00. The molecule has 0 aliphatic rings. The van der Waals surface area contributed by atoms with E-state index in [0.717, 1.165) is 5.56 Å². The average molecular weight is 419 g/mol. The number of aliphatic hydroxyl groups excluding tert-OH is 1. The van der Waals surface area contributed by atoms with Crippen molar-refractivity contribution in [1.29, 1.82) is 0 Å². The normalized spacial score (nSPS) is 13.7. The lowest BCUT2D eigenvalue weighted by Gasteiger charge is -2.20. The largest absolute Gasteiger partial charge is 0.393 e. The van der Waals surface area contributed by atoms with Crippen LogP contribution in [0.2, 0.25) is 0 Å². The standard InChI is InChI=1S/C22H30N2O4S/c1-4-24(5-2)22(26)19-11-13-21(14-12-19)29(27,28)23-16-20(15-17(3)25)18-9-7-6-8-10-18/h6-14,17,20,23,25H,4-5,15-16H2,1-3H3/t17-,20+/m1/s1. The molecule has 7 heteroatoms. The number of nitrogens with zero attached hydrogens (tertiary/aromatic N) is 1. The molecule has 0 fully saturated rings. The molecule has 0 aliphatic heterocycles. The van der Waals surface area contributed by atoms with E-state index in [1.54, 1.807) is 24.0 Å². The van der Waals surface area contributed by atoms with Crippen LogP contribution in [0.25, 0.3) is 0 Å². The highest BCUT2D eigenvalue weighted by molar-refractivity contribution is 7.89. The number of amides is 1. The summed E-state index contributed by atoms with van der Waals surface area (Å²) in [6.07, 6.45) is -0.0980. The molecular weight excluding hydrogens is 388 g/mol. The van der Waals surface area contributed by atoms with Crippen molar-refractivity contribution in [3.8, 4) is 0 Å². The van der Waals surface area contributed by atoms with Gasteiger partial charge in [0.1, 0.15) is 0 Å². The Balaban J connectivity index is 2.12. The van der Waals surface area contributed by atoms with Gasteiger partial charge < -0.3 is 10.0 Å². The van der Waals surface area contributed by atoms with Crippen LogP contribution in [0.3, 0.4) is 0 Å². The Morgan fingerprint density at radius 2 is 1.62 bits per heavy atom. The van der Waals surface area contributed by atoms with Gasteiger partial charge in [0, 0.05) is 25.2 Å². The summed E-state index contributed by atoms with van der Waals surface area (Å²) < 4.78 is 28.1. The van der Waals surface area contributed by atoms with Gasteiger partial charge in [-0.2, -0.15) is 0 Å². The van der Waals surface area contributed by atoms with E-state index in [9.17, 15) is 18.3 Å². The fourth-order valence-corrected chi connectivity index (χ4v) is 4.32. The second-order valence-electron chi connectivity index (χ2n) is 7.05. The van der Waals surface area contributed by atoms with Crippen LogP contribution in [0.1, 0.15) is 49.0 Å². The number of sulfonamides is 1. The summed E-state index contributed by atoms with van der Waals surface area (Å²) in [5.41, 5.74) is 1.43. The number of hydrogen-bond donors (Lipinski definition) is 2. The van der Waals surface area contributed by atoms with E-state index < -0.39 is 16.1 Å². The Kier molecular flexibility index (Phi) is 8.37. The molecule has 2 aromatic rings. The first-order chi connectivity index (χ1) is 13.8. The minimum absolute atomic E-state index is 0.109. The van der Waals surface area contributed by atoms with Crippen molar-refractivity contribution in [2.75, 3.05) is 19.6 Å². The summed E-state index contributed by atoms with van der Waals surface area (Å²) >= 11 is 0. The molecule has 0 radical (unpaired) electrons. The topological polar surface area (TPSA) is 86.7 Å². The van der Waals surface area contributed by atoms with Gasteiger partial charge in [-0.15, -0.1) is 0 Å². The van der Waals surface area contributed by atoms with Crippen molar-refractivity contribution in [2.45, 2.75) is 44.1 Å².